The highest BCUT2D eigenvalue weighted by Crippen LogP contribution is 2.32. The third-order valence-corrected chi connectivity index (χ3v) is 5.23. The van der Waals surface area contributed by atoms with Gasteiger partial charge in [-0.2, -0.15) is 13.2 Å². The van der Waals surface area contributed by atoms with E-state index in [9.17, 15) is 13.2 Å². The van der Waals surface area contributed by atoms with E-state index in [2.05, 4.69) is 10.3 Å². The lowest BCUT2D eigenvalue weighted by atomic mass is 10.2. The molecule has 1 heterocycles. The van der Waals surface area contributed by atoms with Crippen LogP contribution in [0.15, 0.2) is 53.9 Å². The number of aromatic nitrogens is 1. The first-order chi connectivity index (χ1) is 13.2. The number of nitrogens with one attached hydrogen (secondary N) is 1. The van der Waals surface area contributed by atoms with Crippen LogP contribution in [-0.2, 0) is 12.7 Å². The average Bonchev–Trinajstić information content (AvgIpc) is 3.14. The summed E-state index contributed by atoms with van der Waals surface area (Å²) in [7, 11) is 5.78. The summed E-state index contributed by atoms with van der Waals surface area (Å²) in [6.45, 7) is 0.568. The molecule has 148 valence electrons. The Bertz CT molecular complexity index is 902. The number of alkyl halides is 3. The highest BCUT2D eigenvalue weighted by molar-refractivity contribution is 7.13. The Morgan fingerprint density at radius 1 is 0.929 bits per heavy atom. The second-order valence-electron chi connectivity index (χ2n) is 6.52. The van der Waals surface area contributed by atoms with Gasteiger partial charge in [-0.15, -0.1) is 11.3 Å². The highest BCUT2D eigenvalue weighted by atomic mass is 32.1. The Morgan fingerprint density at radius 3 is 2.11 bits per heavy atom. The predicted octanol–water partition coefficient (Wildman–Crippen LogP) is 5.61. The third kappa shape index (κ3) is 4.75. The molecule has 0 unspecified atom stereocenters. The van der Waals surface area contributed by atoms with Gasteiger partial charge in [0.25, 0.3) is 0 Å². The molecule has 1 N–H and O–H groups in total. The van der Waals surface area contributed by atoms with Gasteiger partial charge in [0.2, 0.25) is 0 Å². The molecule has 8 heteroatoms. The molecule has 0 aliphatic rings. The van der Waals surface area contributed by atoms with Gasteiger partial charge in [0.05, 0.1) is 17.8 Å². The summed E-state index contributed by atoms with van der Waals surface area (Å²) < 4.78 is 38.1. The maximum Gasteiger partial charge on any atom is 0.416 e. The van der Waals surface area contributed by atoms with Crippen LogP contribution in [0.1, 0.15) is 11.3 Å². The van der Waals surface area contributed by atoms with E-state index >= 15 is 0 Å². The number of anilines is 4. The highest BCUT2D eigenvalue weighted by Gasteiger charge is 2.30. The minimum atomic E-state index is -4.33. The van der Waals surface area contributed by atoms with Gasteiger partial charge < -0.3 is 15.1 Å². The van der Waals surface area contributed by atoms with Gasteiger partial charge >= 0.3 is 6.18 Å². The number of hydrogen-bond donors (Lipinski definition) is 1. The molecule has 0 bridgehead atoms. The van der Waals surface area contributed by atoms with E-state index in [4.69, 9.17) is 0 Å². The minimum absolute atomic E-state index is 0.568. The standard InChI is InChI=1S/C20H21F3N4S/c1-26(2)17-10-6-15(7-11-17)24-12-16-13-28-19(25-16)27(3)18-8-4-14(5-9-18)20(21,22)23/h4-11,13,24H,12H2,1-3H3. The lowest BCUT2D eigenvalue weighted by molar-refractivity contribution is -0.137. The molecule has 28 heavy (non-hydrogen) atoms. The zero-order chi connectivity index (χ0) is 20.3. The normalized spacial score (nSPS) is 11.4. The lowest BCUT2D eigenvalue weighted by Crippen LogP contribution is -2.11. The maximum absolute atomic E-state index is 12.7. The van der Waals surface area contributed by atoms with Crippen LogP contribution < -0.4 is 15.1 Å². The molecule has 4 nitrogen and oxygen atoms in total. The van der Waals surface area contributed by atoms with Gasteiger partial charge in [-0.3, -0.25) is 0 Å². The summed E-state index contributed by atoms with van der Waals surface area (Å²) in [4.78, 5) is 8.38. The van der Waals surface area contributed by atoms with Crippen LogP contribution in [0.5, 0.6) is 0 Å². The fraction of sp³-hybridized carbons (Fsp3) is 0.250. The van der Waals surface area contributed by atoms with Crippen molar-refractivity contribution in [2.75, 3.05) is 36.3 Å². The Morgan fingerprint density at radius 2 is 1.54 bits per heavy atom. The fourth-order valence-electron chi connectivity index (χ4n) is 2.59. The summed E-state index contributed by atoms with van der Waals surface area (Å²) in [6, 6.07) is 13.2. The van der Waals surface area contributed by atoms with E-state index in [0.29, 0.717) is 12.2 Å². The van der Waals surface area contributed by atoms with Gasteiger partial charge in [-0.05, 0) is 48.5 Å². The van der Waals surface area contributed by atoms with E-state index in [-0.39, 0.29) is 0 Å². The van der Waals surface area contributed by atoms with Gasteiger partial charge in [0.1, 0.15) is 0 Å². The number of thiazole rings is 1. The van der Waals surface area contributed by atoms with Crippen LogP contribution in [0.3, 0.4) is 0 Å². The molecule has 2 aromatic carbocycles. The van der Waals surface area contributed by atoms with Crippen molar-refractivity contribution in [1.82, 2.24) is 4.98 Å². The summed E-state index contributed by atoms with van der Waals surface area (Å²) in [5, 5.41) is 5.99. The molecule has 0 spiro atoms. The largest absolute Gasteiger partial charge is 0.416 e. The van der Waals surface area contributed by atoms with Crippen LogP contribution in [0, 0.1) is 0 Å². The second kappa shape index (κ2) is 8.10. The molecule has 3 rings (SSSR count). The topological polar surface area (TPSA) is 31.4 Å². The van der Waals surface area contributed by atoms with Crippen LogP contribution >= 0.6 is 11.3 Å². The first-order valence-corrected chi connectivity index (χ1v) is 9.48. The summed E-state index contributed by atoms with van der Waals surface area (Å²) in [5.41, 5.74) is 2.99. The Kier molecular flexibility index (Phi) is 5.79. The average molecular weight is 406 g/mol. The van der Waals surface area contributed by atoms with Crippen LogP contribution in [0.25, 0.3) is 0 Å². The van der Waals surface area contributed by atoms with Crippen LogP contribution in [0.4, 0.5) is 35.4 Å². The first-order valence-electron chi connectivity index (χ1n) is 8.60. The molecule has 0 fully saturated rings. The number of halogens is 3. The molecule has 0 saturated carbocycles. The van der Waals surface area contributed by atoms with Crippen molar-refractivity contribution in [3.8, 4) is 0 Å². The Balaban J connectivity index is 1.63. The second-order valence-corrected chi connectivity index (χ2v) is 7.36. The quantitative estimate of drug-likeness (QED) is 0.577. The zero-order valence-corrected chi connectivity index (χ0v) is 16.6. The summed E-state index contributed by atoms with van der Waals surface area (Å²) >= 11 is 1.45. The van der Waals surface area contributed by atoms with Crippen molar-refractivity contribution in [3.05, 3.63) is 65.2 Å². The SMILES string of the molecule is CN(C)c1ccc(NCc2csc(N(C)c3ccc(C(F)(F)F)cc3)n2)cc1. The van der Waals surface area contributed by atoms with Gasteiger partial charge in [0.15, 0.2) is 5.13 Å². The van der Waals surface area contributed by atoms with E-state index in [1.54, 1.807) is 11.9 Å². The first kappa shape index (κ1) is 20.0. The molecular formula is C20H21F3N4S. The van der Waals surface area contributed by atoms with Gasteiger partial charge in [-0.25, -0.2) is 4.98 Å². The van der Waals surface area contributed by atoms with Crippen molar-refractivity contribution in [2.45, 2.75) is 12.7 Å². The number of hydrogen-bond acceptors (Lipinski definition) is 5. The number of nitrogens with zero attached hydrogens (tertiary/aromatic N) is 3. The molecular weight excluding hydrogens is 385 g/mol. The predicted molar refractivity (Wildman–Crippen MR) is 110 cm³/mol. The van der Waals surface area contributed by atoms with Gasteiger partial charge in [0, 0.05) is 43.6 Å². The molecule has 3 aromatic rings. The Hall–Kier alpha value is -2.74. The fourth-order valence-corrected chi connectivity index (χ4v) is 3.40. The van der Waals surface area contributed by atoms with Crippen molar-refractivity contribution < 1.29 is 13.2 Å². The lowest BCUT2D eigenvalue weighted by Gasteiger charge is -2.16. The molecule has 0 amide bonds. The summed E-state index contributed by atoms with van der Waals surface area (Å²) in [5.74, 6) is 0. The van der Waals surface area contributed by atoms with Crippen LogP contribution in [-0.4, -0.2) is 26.1 Å². The molecule has 1 aromatic heterocycles. The zero-order valence-electron chi connectivity index (χ0n) is 15.8. The minimum Gasteiger partial charge on any atom is -0.379 e. The van der Waals surface area contributed by atoms with E-state index in [1.807, 2.05) is 48.6 Å². The number of rotatable bonds is 6. The maximum atomic E-state index is 12.7. The summed E-state index contributed by atoms with van der Waals surface area (Å²) in [6.07, 6.45) is -4.33. The third-order valence-electron chi connectivity index (χ3n) is 4.27. The monoisotopic (exact) mass is 406 g/mol. The van der Waals surface area contributed by atoms with Crippen molar-refractivity contribution in [3.63, 3.8) is 0 Å². The smallest absolute Gasteiger partial charge is 0.379 e. The van der Waals surface area contributed by atoms with Crippen molar-refractivity contribution >= 4 is 33.5 Å². The van der Waals surface area contributed by atoms with E-state index in [1.165, 1.54) is 23.5 Å². The molecule has 0 aliphatic carbocycles. The Labute approximate surface area is 166 Å². The molecule has 0 radical (unpaired) electrons. The van der Waals surface area contributed by atoms with Crippen molar-refractivity contribution in [1.29, 1.82) is 0 Å². The molecule has 0 aliphatic heterocycles. The van der Waals surface area contributed by atoms with E-state index < -0.39 is 11.7 Å². The molecule has 0 saturated heterocycles. The van der Waals surface area contributed by atoms with E-state index in [0.717, 1.165) is 34.3 Å². The molecule has 0 atom stereocenters. The van der Waals surface area contributed by atoms with Crippen LogP contribution in [0.2, 0.25) is 0 Å². The van der Waals surface area contributed by atoms with Crippen molar-refractivity contribution in [2.24, 2.45) is 0 Å². The number of benzene rings is 2. The van der Waals surface area contributed by atoms with Gasteiger partial charge in [-0.1, -0.05) is 0 Å².